The minimum atomic E-state index is -0.271. The molecule has 1 N–H and O–H groups in total. The lowest BCUT2D eigenvalue weighted by Gasteiger charge is -2.05. The fourth-order valence-corrected chi connectivity index (χ4v) is 2.68. The molecule has 0 saturated heterocycles. The number of furan rings is 1. The van der Waals surface area contributed by atoms with E-state index in [4.69, 9.17) is 20.8 Å². The quantitative estimate of drug-likeness (QED) is 0.687. The molecule has 0 unspecified atom stereocenters. The number of amides is 1. The van der Waals surface area contributed by atoms with E-state index >= 15 is 0 Å². The molecule has 2 aromatic carbocycles. The molecule has 6 heteroatoms. The van der Waals surface area contributed by atoms with Gasteiger partial charge in [-0.05, 0) is 54.1 Å². The van der Waals surface area contributed by atoms with E-state index < -0.39 is 0 Å². The van der Waals surface area contributed by atoms with Gasteiger partial charge in [0.25, 0.3) is 5.91 Å². The number of methoxy groups -OCH3 is 1. The second kappa shape index (κ2) is 6.02. The summed E-state index contributed by atoms with van der Waals surface area (Å²) in [6, 6.07) is 12.3. The number of ether oxygens (including phenoxy) is 1. The molecule has 112 valence electrons. The van der Waals surface area contributed by atoms with E-state index in [-0.39, 0.29) is 11.1 Å². The number of carbonyl (C=O) groups is 1. The number of anilines is 1. The normalized spacial score (nSPS) is 10.7. The Labute approximate surface area is 140 Å². The van der Waals surface area contributed by atoms with Gasteiger partial charge in [0.2, 0.25) is 5.22 Å². The summed E-state index contributed by atoms with van der Waals surface area (Å²) in [6.45, 7) is 0. The van der Waals surface area contributed by atoms with E-state index in [0.29, 0.717) is 22.6 Å². The highest BCUT2D eigenvalue weighted by molar-refractivity contribution is 9.10. The van der Waals surface area contributed by atoms with E-state index in [0.717, 1.165) is 9.86 Å². The van der Waals surface area contributed by atoms with Gasteiger partial charge in [-0.25, -0.2) is 0 Å². The maximum atomic E-state index is 12.3. The smallest absolute Gasteiger partial charge is 0.255 e. The third-order valence-corrected chi connectivity index (χ3v) is 3.96. The molecular formula is C16H11BrClNO3. The van der Waals surface area contributed by atoms with Crippen molar-refractivity contribution in [1.82, 2.24) is 0 Å². The number of halogens is 2. The largest absolute Gasteiger partial charge is 0.497 e. The third-order valence-electron chi connectivity index (χ3n) is 3.20. The molecule has 0 aliphatic carbocycles. The minimum Gasteiger partial charge on any atom is -0.497 e. The van der Waals surface area contributed by atoms with Gasteiger partial charge in [0.05, 0.1) is 7.11 Å². The molecule has 4 nitrogen and oxygen atoms in total. The summed E-state index contributed by atoms with van der Waals surface area (Å²) in [5, 5.41) is 3.67. The molecule has 22 heavy (non-hydrogen) atoms. The SMILES string of the molecule is COc1ccc(C(=O)Nc2c(Cl)oc3ccc(Br)cc23)cc1. The molecule has 0 atom stereocenters. The van der Waals surface area contributed by atoms with E-state index in [2.05, 4.69) is 21.2 Å². The monoisotopic (exact) mass is 379 g/mol. The summed E-state index contributed by atoms with van der Waals surface area (Å²) in [4.78, 5) is 12.3. The van der Waals surface area contributed by atoms with Crippen molar-refractivity contribution in [3.8, 4) is 5.75 Å². The summed E-state index contributed by atoms with van der Waals surface area (Å²) in [5.41, 5.74) is 1.57. The van der Waals surface area contributed by atoms with Crippen LogP contribution in [0.25, 0.3) is 11.0 Å². The van der Waals surface area contributed by atoms with Crippen molar-refractivity contribution in [2.24, 2.45) is 0 Å². The van der Waals surface area contributed by atoms with Gasteiger partial charge < -0.3 is 14.5 Å². The average Bonchev–Trinajstić information content (AvgIpc) is 2.83. The van der Waals surface area contributed by atoms with Gasteiger partial charge >= 0.3 is 0 Å². The third kappa shape index (κ3) is 2.82. The van der Waals surface area contributed by atoms with E-state index in [9.17, 15) is 4.79 Å². The van der Waals surface area contributed by atoms with Crippen LogP contribution in [0.5, 0.6) is 5.75 Å². The van der Waals surface area contributed by atoms with Crippen LogP contribution in [0.3, 0.4) is 0 Å². The Bertz CT molecular complexity index is 842. The molecule has 0 spiro atoms. The van der Waals surface area contributed by atoms with Crippen molar-refractivity contribution in [3.05, 3.63) is 57.7 Å². The molecule has 1 aromatic heterocycles. The van der Waals surface area contributed by atoms with Crippen molar-refractivity contribution in [1.29, 1.82) is 0 Å². The fraction of sp³-hybridized carbons (Fsp3) is 0.0625. The summed E-state index contributed by atoms with van der Waals surface area (Å²) in [7, 11) is 1.57. The Hall–Kier alpha value is -1.98. The van der Waals surface area contributed by atoms with Crippen LogP contribution in [-0.4, -0.2) is 13.0 Å². The van der Waals surface area contributed by atoms with Crippen molar-refractivity contribution in [2.45, 2.75) is 0 Å². The number of hydrogen-bond acceptors (Lipinski definition) is 3. The number of hydrogen-bond donors (Lipinski definition) is 1. The predicted molar refractivity (Wildman–Crippen MR) is 89.9 cm³/mol. The molecule has 0 fully saturated rings. The minimum absolute atomic E-state index is 0.148. The van der Waals surface area contributed by atoms with Gasteiger partial charge in [-0.15, -0.1) is 0 Å². The number of nitrogens with one attached hydrogen (secondary N) is 1. The predicted octanol–water partition coefficient (Wildman–Crippen LogP) is 5.11. The molecule has 1 heterocycles. The Balaban J connectivity index is 1.93. The molecule has 3 aromatic rings. The van der Waals surface area contributed by atoms with Crippen molar-refractivity contribution in [2.75, 3.05) is 12.4 Å². The van der Waals surface area contributed by atoms with Crippen molar-refractivity contribution in [3.63, 3.8) is 0 Å². The molecule has 0 aliphatic heterocycles. The molecule has 0 saturated carbocycles. The van der Waals surface area contributed by atoms with Gasteiger partial charge in [-0.2, -0.15) is 0 Å². The first-order chi connectivity index (χ1) is 10.6. The van der Waals surface area contributed by atoms with Crippen LogP contribution in [0.4, 0.5) is 5.69 Å². The van der Waals surface area contributed by atoms with Crippen LogP contribution < -0.4 is 10.1 Å². The molecule has 0 bridgehead atoms. The lowest BCUT2D eigenvalue weighted by Crippen LogP contribution is -2.11. The second-order valence-electron chi connectivity index (χ2n) is 4.57. The maximum absolute atomic E-state index is 12.3. The lowest BCUT2D eigenvalue weighted by atomic mass is 10.2. The molecule has 0 radical (unpaired) electrons. The van der Waals surface area contributed by atoms with Crippen LogP contribution in [0.15, 0.2) is 51.4 Å². The summed E-state index contributed by atoms with van der Waals surface area (Å²) < 4.78 is 11.4. The highest BCUT2D eigenvalue weighted by atomic mass is 79.9. The number of rotatable bonds is 3. The summed E-state index contributed by atoms with van der Waals surface area (Å²) in [5.74, 6) is 0.416. The van der Waals surface area contributed by atoms with Gasteiger partial charge in [0.15, 0.2) is 0 Å². The molecule has 1 amide bonds. The van der Waals surface area contributed by atoms with E-state index in [1.807, 2.05) is 12.1 Å². The standard InChI is InChI=1S/C16H11BrClNO3/c1-21-11-5-2-9(3-6-11)16(20)19-14-12-8-10(17)4-7-13(12)22-15(14)18/h2-8H,1H3,(H,19,20). The van der Waals surface area contributed by atoms with Crippen LogP contribution in [-0.2, 0) is 0 Å². The zero-order chi connectivity index (χ0) is 15.7. The lowest BCUT2D eigenvalue weighted by molar-refractivity contribution is 0.102. The van der Waals surface area contributed by atoms with E-state index in [1.165, 1.54) is 0 Å². The first-order valence-electron chi connectivity index (χ1n) is 6.41. The number of benzene rings is 2. The van der Waals surface area contributed by atoms with Crippen LogP contribution in [0.2, 0.25) is 5.22 Å². The Morgan fingerprint density at radius 1 is 1.23 bits per heavy atom. The average molecular weight is 381 g/mol. The van der Waals surface area contributed by atoms with Gasteiger partial charge in [-0.1, -0.05) is 15.9 Å². The second-order valence-corrected chi connectivity index (χ2v) is 5.83. The zero-order valence-corrected chi connectivity index (χ0v) is 13.9. The maximum Gasteiger partial charge on any atom is 0.255 e. The molecule has 3 rings (SSSR count). The first kappa shape index (κ1) is 14.9. The van der Waals surface area contributed by atoms with Crippen LogP contribution >= 0.6 is 27.5 Å². The Morgan fingerprint density at radius 2 is 1.95 bits per heavy atom. The molecule has 0 aliphatic rings. The highest BCUT2D eigenvalue weighted by Gasteiger charge is 2.16. The van der Waals surface area contributed by atoms with Crippen molar-refractivity contribution < 1.29 is 13.9 Å². The van der Waals surface area contributed by atoms with Crippen LogP contribution in [0.1, 0.15) is 10.4 Å². The first-order valence-corrected chi connectivity index (χ1v) is 7.58. The van der Waals surface area contributed by atoms with Crippen LogP contribution in [0, 0.1) is 0 Å². The number of fused-ring (bicyclic) bond motifs is 1. The van der Waals surface area contributed by atoms with Crippen molar-refractivity contribution >= 4 is 50.1 Å². The summed E-state index contributed by atoms with van der Waals surface area (Å²) >= 11 is 9.47. The topological polar surface area (TPSA) is 51.5 Å². The zero-order valence-electron chi connectivity index (χ0n) is 11.5. The summed E-state index contributed by atoms with van der Waals surface area (Å²) in [6.07, 6.45) is 0. The molecular weight excluding hydrogens is 370 g/mol. The van der Waals surface area contributed by atoms with E-state index in [1.54, 1.807) is 37.4 Å². The number of carbonyl (C=O) groups excluding carboxylic acids is 1. The Morgan fingerprint density at radius 3 is 2.64 bits per heavy atom. The fourth-order valence-electron chi connectivity index (χ4n) is 2.08. The van der Waals surface area contributed by atoms with Gasteiger partial charge in [0, 0.05) is 15.4 Å². The Kier molecular flexibility index (Phi) is 4.09. The van der Waals surface area contributed by atoms with Gasteiger partial charge in [-0.3, -0.25) is 4.79 Å². The van der Waals surface area contributed by atoms with Gasteiger partial charge in [0.1, 0.15) is 17.0 Å². The highest BCUT2D eigenvalue weighted by Crippen LogP contribution is 2.36.